The molecule has 0 radical (unpaired) electrons. The minimum absolute atomic E-state index is 0.126. The summed E-state index contributed by atoms with van der Waals surface area (Å²) in [5, 5.41) is 35.8. The van der Waals surface area contributed by atoms with Crippen LogP contribution in [-0.2, 0) is 46.7 Å². The molecule has 5 rings (SSSR count). The van der Waals surface area contributed by atoms with Crippen molar-refractivity contribution < 1.29 is 20.1 Å². The van der Waals surface area contributed by atoms with Crippen molar-refractivity contribution in [1.29, 1.82) is 0 Å². The van der Waals surface area contributed by atoms with Crippen molar-refractivity contribution in [2.75, 3.05) is 0 Å². The van der Waals surface area contributed by atoms with E-state index in [1.165, 1.54) is 0 Å². The SMILES string of the molecule is CC(C)(C)c1cc2c(O)c(c1)Cc1cc(C(C)(C)C)cc(c1O)Cc1cc(C(C)(C)C)cc(c1O)CC1=CC(Cl)(C(C)(C)C)C=C(C2)C1=O. The van der Waals surface area contributed by atoms with E-state index in [9.17, 15) is 20.1 Å². The summed E-state index contributed by atoms with van der Waals surface area (Å²) in [5.74, 6) is 0.287. The van der Waals surface area contributed by atoms with Crippen molar-refractivity contribution in [2.45, 2.75) is 130 Å². The van der Waals surface area contributed by atoms with Gasteiger partial charge in [-0.2, -0.15) is 0 Å². The molecule has 0 amide bonds. The summed E-state index contributed by atoms with van der Waals surface area (Å²) in [7, 11) is 0. The van der Waals surface area contributed by atoms with Crippen LogP contribution in [-0.4, -0.2) is 26.0 Å². The maximum Gasteiger partial charge on any atom is 0.185 e. The zero-order chi connectivity index (χ0) is 36.6. The number of carbonyl (C=O) groups excluding carboxylic acids is 1. The molecule has 0 spiro atoms. The lowest BCUT2D eigenvalue weighted by molar-refractivity contribution is -0.112. The van der Waals surface area contributed by atoms with Crippen molar-refractivity contribution in [3.05, 3.63) is 110 Å². The number of hydrogen-bond acceptors (Lipinski definition) is 4. The maximum absolute atomic E-state index is 14.4. The first-order chi connectivity index (χ1) is 22.3. The molecule has 0 unspecified atom stereocenters. The summed E-state index contributed by atoms with van der Waals surface area (Å²) in [6.07, 6.45) is 4.72. The summed E-state index contributed by atoms with van der Waals surface area (Å²) in [6.45, 7) is 25.4. The van der Waals surface area contributed by atoms with Gasteiger partial charge in [-0.3, -0.25) is 4.79 Å². The van der Waals surface area contributed by atoms with Crippen LogP contribution in [0.3, 0.4) is 0 Å². The second-order valence-corrected chi connectivity index (χ2v) is 19.2. The summed E-state index contributed by atoms with van der Waals surface area (Å²) < 4.78 is 0. The molecule has 3 aromatic carbocycles. The van der Waals surface area contributed by atoms with E-state index in [4.69, 9.17) is 11.6 Å². The van der Waals surface area contributed by atoms with Crippen LogP contribution in [0.4, 0.5) is 0 Å². The monoisotopic (exact) mass is 682 g/mol. The molecule has 5 heteroatoms. The van der Waals surface area contributed by atoms with E-state index in [0.29, 0.717) is 57.4 Å². The third-order valence-corrected chi connectivity index (χ3v) is 11.2. The van der Waals surface area contributed by atoms with Gasteiger partial charge in [-0.15, -0.1) is 11.6 Å². The molecule has 0 aliphatic heterocycles. The molecule has 0 saturated carbocycles. The Labute approximate surface area is 298 Å². The minimum Gasteiger partial charge on any atom is -0.507 e. The van der Waals surface area contributed by atoms with Gasteiger partial charge in [0.05, 0.1) is 4.87 Å². The van der Waals surface area contributed by atoms with E-state index in [1.54, 1.807) is 0 Å². The topological polar surface area (TPSA) is 77.8 Å². The lowest BCUT2D eigenvalue weighted by Gasteiger charge is -2.38. The van der Waals surface area contributed by atoms with Gasteiger partial charge in [0.1, 0.15) is 17.2 Å². The Morgan fingerprint density at radius 1 is 0.490 bits per heavy atom. The van der Waals surface area contributed by atoms with Crippen molar-refractivity contribution in [3.8, 4) is 17.2 Å². The summed E-state index contributed by atoms with van der Waals surface area (Å²) in [4.78, 5) is 13.5. The first-order valence-corrected chi connectivity index (χ1v) is 17.9. The number of hydrogen-bond donors (Lipinski definition) is 3. The average molecular weight is 683 g/mol. The summed E-state index contributed by atoms with van der Waals surface area (Å²) in [5.41, 5.74) is 7.15. The molecule has 3 aromatic rings. The molecule has 4 nitrogen and oxygen atoms in total. The number of allylic oxidation sites excluding steroid dienone is 4. The van der Waals surface area contributed by atoms with E-state index >= 15 is 0 Å². The number of ketones is 1. The molecule has 2 aliphatic carbocycles. The van der Waals surface area contributed by atoms with Crippen LogP contribution < -0.4 is 0 Å². The number of aromatic hydroxyl groups is 3. The molecule has 0 aromatic heterocycles. The fraction of sp³-hybridized carbons (Fsp3) is 0.477. The molecule has 49 heavy (non-hydrogen) atoms. The lowest BCUT2D eigenvalue weighted by Crippen LogP contribution is -2.38. The minimum atomic E-state index is -0.968. The average Bonchev–Trinajstić information content (AvgIpc) is 2.94. The van der Waals surface area contributed by atoms with Crippen molar-refractivity contribution in [1.82, 2.24) is 0 Å². The molecule has 0 fully saturated rings. The number of phenolic OH excluding ortho intramolecular Hbond substituents is 3. The number of rotatable bonds is 0. The third-order valence-electron chi connectivity index (χ3n) is 10.4. The molecule has 0 heterocycles. The Morgan fingerprint density at radius 2 is 0.735 bits per heavy atom. The van der Waals surface area contributed by atoms with Crippen LogP contribution >= 0.6 is 11.6 Å². The molecule has 3 N–H and O–H groups in total. The number of benzene rings is 3. The van der Waals surface area contributed by atoms with Crippen LogP contribution in [0.1, 0.15) is 133 Å². The van der Waals surface area contributed by atoms with Crippen LogP contribution in [0.15, 0.2) is 59.7 Å². The predicted octanol–water partition coefficient (Wildman–Crippen LogP) is 10.4. The molecular weight excluding hydrogens is 628 g/mol. The van der Waals surface area contributed by atoms with Crippen LogP contribution in [0.5, 0.6) is 17.2 Å². The van der Waals surface area contributed by atoms with Gasteiger partial charge in [-0.25, -0.2) is 0 Å². The Balaban J connectivity index is 1.88. The Hall–Kier alpha value is -3.50. The lowest BCUT2D eigenvalue weighted by atomic mass is 9.72. The highest BCUT2D eigenvalue weighted by molar-refractivity contribution is 6.29. The van der Waals surface area contributed by atoms with Gasteiger partial charge in [0, 0.05) is 36.8 Å². The highest BCUT2D eigenvalue weighted by atomic mass is 35.5. The Morgan fingerprint density at radius 3 is 0.959 bits per heavy atom. The van der Waals surface area contributed by atoms with Gasteiger partial charge >= 0.3 is 0 Å². The second-order valence-electron chi connectivity index (χ2n) is 18.6. The third kappa shape index (κ3) is 7.22. The predicted molar refractivity (Wildman–Crippen MR) is 203 cm³/mol. The highest BCUT2D eigenvalue weighted by Crippen LogP contribution is 2.46. The number of fused-ring (bicyclic) bond motifs is 8. The zero-order valence-corrected chi connectivity index (χ0v) is 32.3. The largest absolute Gasteiger partial charge is 0.507 e. The maximum atomic E-state index is 14.4. The number of carbonyl (C=O) groups is 1. The molecular formula is C44H55ClO4. The van der Waals surface area contributed by atoms with E-state index in [-0.39, 0.29) is 52.1 Å². The van der Waals surface area contributed by atoms with Gasteiger partial charge < -0.3 is 15.3 Å². The van der Waals surface area contributed by atoms with Gasteiger partial charge in [-0.1, -0.05) is 132 Å². The summed E-state index contributed by atoms with van der Waals surface area (Å²) >= 11 is 7.43. The van der Waals surface area contributed by atoms with Gasteiger partial charge in [0.2, 0.25) is 0 Å². The van der Waals surface area contributed by atoms with Crippen molar-refractivity contribution in [2.24, 2.45) is 5.41 Å². The quantitative estimate of drug-likeness (QED) is 0.206. The first-order valence-electron chi connectivity index (χ1n) is 17.5. The number of alkyl halides is 1. The van der Waals surface area contributed by atoms with Crippen LogP contribution in [0.25, 0.3) is 0 Å². The first kappa shape index (κ1) is 36.8. The van der Waals surface area contributed by atoms with E-state index in [0.717, 1.165) is 16.7 Å². The number of Topliss-reactive ketones (excluding diaryl/α,β-unsaturated/α-hetero) is 1. The second kappa shape index (κ2) is 12.1. The van der Waals surface area contributed by atoms with Gasteiger partial charge in [-0.05, 0) is 71.7 Å². The smallest absolute Gasteiger partial charge is 0.185 e. The molecule has 0 atom stereocenters. The van der Waals surface area contributed by atoms with Gasteiger partial charge in [0.15, 0.2) is 5.78 Å². The van der Waals surface area contributed by atoms with Crippen LogP contribution in [0, 0.1) is 5.41 Å². The number of halogens is 1. The fourth-order valence-corrected chi connectivity index (χ4v) is 7.05. The van der Waals surface area contributed by atoms with Gasteiger partial charge in [0.25, 0.3) is 0 Å². The van der Waals surface area contributed by atoms with Crippen molar-refractivity contribution >= 4 is 17.4 Å². The number of phenols is 3. The molecule has 0 saturated heterocycles. The zero-order valence-electron chi connectivity index (χ0n) is 31.6. The standard InChI is InChI=1S/C44H55ClO4/c1-40(2,3)33-17-25-13-27-19-34(41(4,5)6)21-29(37(27)47)15-31-23-44(45,43(10,11)12)24-32(39(31)49)16-30-22-35(42(7,8)9)20-28(38(30)48)14-26(18-33)36(25)46/h17-24,46-48H,13-16H2,1-12H3. The van der Waals surface area contributed by atoms with Crippen LogP contribution in [0.2, 0.25) is 0 Å². The molecule has 8 bridgehead atoms. The normalized spacial score (nSPS) is 17.0. The highest BCUT2D eigenvalue weighted by Gasteiger charge is 2.42. The Bertz CT molecular complexity index is 1780. The fourth-order valence-electron chi connectivity index (χ4n) is 6.79. The van der Waals surface area contributed by atoms with E-state index in [1.807, 2.05) is 48.6 Å². The van der Waals surface area contributed by atoms with E-state index in [2.05, 4.69) is 83.1 Å². The van der Waals surface area contributed by atoms with E-state index < -0.39 is 10.3 Å². The molecule has 262 valence electrons. The summed E-state index contributed by atoms with van der Waals surface area (Å²) in [6, 6.07) is 12.1. The Kier molecular flexibility index (Phi) is 9.06. The molecule has 2 aliphatic rings. The van der Waals surface area contributed by atoms with Crippen molar-refractivity contribution in [3.63, 3.8) is 0 Å².